The van der Waals surface area contributed by atoms with Crippen molar-refractivity contribution in [3.63, 3.8) is 0 Å². The third-order valence-electron chi connectivity index (χ3n) is 9.99. The van der Waals surface area contributed by atoms with Crippen molar-refractivity contribution in [2.45, 2.75) is 42.9 Å². The largest absolute Gasteiger partial charge is 0.609 e. The fourth-order valence-electron chi connectivity index (χ4n) is 6.63. The van der Waals surface area contributed by atoms with E-state index in [0.717, 1.165) is 40.8 Å². The molecule has 12 nitrogen and oxygen atoms in total. The number of aliphatic carboxylic acids is 1. The molecule has 3 aromatic heterocycles. The summed E-state index contributed by atoms with van der Waals surface area (Å²) in [6.07, 6.45) is 2.59. The Kier molecular flexibility index (Phi) is 16.7. The summed E-state index contributed by atoms with van der Waals surface area (Å²) in [6.45, 7) is -0.299. The van der Waals surface area contributed by atoms with Crippen molar-refractivity contribution in [3.8, 4) is 28.7 Å². The van der Waals surface area contributed by atoms with Gasteiger partial charge in [-0.1, -0.05) is 66.7 Å². The maximum absolute atomic E-state index is 12.6. The van der Waals surface area contributed by atoms with E-state index < -0.39 is 29.7 Å². The van der Waals surface area contributed by atoms with Gasteiger partial charge in [0.2, 0.25) is 0 Å². The molecule has 0 saturated heterocycles. The van der Waals surface area contributed by atoms with Gasteiger partial charge in [-0.25, -0.2) is 0 Å². The van der Waals surface area contributed by atoms with Gasteiger partial charge in [0.25, 0.3) is 0 Å². The molecule has 0 fully saturated rings. The van der Waals surface area contributed by atoms with Crippen molar-refractivity contribution >= 4 is 61.1 Å². The van der Waals surface area contributed by atoms with Crippen molar-refractivity contribution in [2.24, 2.45) is 0 Å². The van der Waals surface area contributed by atoms with Crippen molar-refractivity contribution in [1.82, 2.24) is 20.3 Å². The average molecular weight is 911 g/mol. The predicted molar refractivity (Wildman–Crippen MR) is 247 cm³/mol. The zero-order chi connectivity index (χ0) is 45.6. The summed E-state index contributed by atoms with van der Waals surface area (Å²) < 4.78 is 63.5. The minimum Gasteiger partial charge on any atom is -0.609 e. The van der Waals surface area contributed by atoms with Crippen LogP contribution >= 0.6 is 11.3 Å². The Bertz CT molecular complexity index is 2750. The summed E-state index contributed by atoms with van der Waals surface area (Å²) in [5, 5.41) is 18.9. The van der Waals surface area contributed by atoms with Gasteiger partial charge in [0.1, 0.15) is 29.0 Å². The second-order valence-corrected chi connectivity index (χ2v) is 16.5. The van der Waals surface area contributed by atoms with Crippen LogP contribution in [0.3, 0.4) is 0 Å². The lowest BCUT2D eigenvalue weighted by molar-refractivity contribution is -0.138. The van der Waals surface area contributed by atoms with E-state index in [0.29, 0.717) is 28.2 Å². The Labute approximate surface area is 376 Å². The number of benzene rings is 5. The van der Waals surface area contributed by atoms with Crippen LogP contribution in [0.5, 0.6) is 28.7 Å². The molecule has 0 aliphatic carbocycles. The lowest BCUT2D eigenvalue weighted by Gasteiger charge is -2.19. The molecular weight excluding hydrogens is 863 g/mol. The van der Waals surface area contributed by atoms with Crippen LogP contribution in [0.25, 0.3) is 32.6 Å². The van der Waals surface area contributed by atoms with Gasteiger partial charge in [-0.05, 0) is 84.0 Å². The number of pyridine rings is 1. The second-order valence-electron chi connectivity index (χ2n) is 14.1. The first-order valence-corrected chi connectivity index (χ1v) is 22.2. The van der Waals surface area contributed by atoms with Crippen LogP contribution in [0.1, 0.15) is 41.5 Å². The number of imidazole rings is 1. The number of carboxylic acids is 1. The predicted octanol–water partition coefficient (Wildman–Crippen LogP) is 10.6. The summed E-state index contributed by atoms with van der Waals surface area (Å²) >= 11 is 0.193. The zero-order valence-electron chi connectivity index (χ0n) is 35.7. The van der Waals surface area contributed by atoms with Gasteiger partial charge in [-0.2, -0.15) is 13.8 Å². The van der Waals surface area contributed by atoms with Crippen LogP contribution in [0.4, 0.5) is 8.78 Å². The number of rotatable bonds is 16. The average Bonchev–Trinajstić information content (AvgIpc) is 4.01. The molecule has 1 unspecified atom stereocenters. The van der Waals surface area contributed by atoms with E-state index in [1.54, 1.807) is 31.4 Å². The number of aromatic amines is 1. The van der Waals surface area contributed by atoms with Gasteiger partial charge in [0.15, 0.2) is 17.3 Å². The summed E-state index contributed by atoms with van der Waals surface area (Å²) in [5.41, 5.74) is 2.19. The molecule has 8 rings (SSSR count). The van der Waals surface area contributed by atoms with Crippen LogP contribution in [-0.4, -0.2) is 72.1 Å². The smallest absolute Gasteiger partial charge is 0.387 e. The maximum atomic E-state index is 12.6. The lowest BCUT2D eigenvalue weighted by Crippen LogP contribution is -2.15. The molecule has 64 heavy (non-hydrogen) atoms. The number of nitrogens with zero attached hydrogens (tertiary/aromatic N) is 2. The normalized spacial score (nSPS) is 12.4. The van der Waals surface area contributed by atoms with Crippen LogP contribution in [0.2, 0.25) is 0 Å². The van der Waals surface area contributed by atoms with E-state index in [9.17, 15) is 18.1 Å². The Hall–Kier alpha value is -6.46. The molecular formula is C48H48F2N4O8S2. The third-order valence-corrected chi connectivity index (χ3v) is 12.1. The van der Waals surface area contributed by atoms with E-state index in [1.807, 2.05) is 43.4 Å². The van der Waals surface area contributed by atoms with Crippen LogP contribution < -0.4 is 29.0 Å². The fourth-order valence-corrected chi connectivity index (χ4v) is 8.44. The maximum Gasteiger partial charge on any atom is 0.387 e. The van der Waals surface area contributed by atoms with Crippen molar-refractivity contribution in [1.29, 1.82) is 0 Å². The zero-order valence-corrected chi connectivity index (χ0v) is 37.4. The Balaban J connectivity index is 0.000000163. The molecule has 0 bridgehead atoms. The number of hydrogen-bond acceptors (Lipinski definition) is 11. The number of methoxy groups -OCH3 is 3. The summed E-state index contributed by atoms with van der Waals surface area (Å²) in [5.74, 6) is 1.37. The first-order valence-electron chi connectivity index (χ1n) is 20.0. The number of halogens is 2. The molecule has 0 aliphatic rings. The molecule has 3 N–H and O–H groups in total. The molecule has 0 saturated carbocycles. The number of fused-ring (bicyclic) bond motifs is 3. The number of nitrogens with one attached hydrogen (secondary N) is 2. The van der Waals surface area contributed by atoms with Crippen molar-refractivity contribution in [3.05, 3.63) is 143 Å². The first kappa shape index (κ1) is 47.0. The van der Waals surface area contributed by atoms with E-state index in [1.165, 1.54) is 54.3 Å². The fraction of sp³-hybridized carbons (Fsp3) is 0.229. The number of H-pyrrole nitrogens is 1. The van der Waals surface area contributed by atoms with E-state index in [4.69, 9.17) is 24.1 Å². The van der Waals surface area contributed by atoms with Crippen LogP contribution in [0.15, 0.2) is 132 Å². The molecule has 0 amide bonds. The molecule has 3 heterocycles. The standard InChI is InChI=1S/C18H19NOS.C16H15F2N3O4S.C14H14O3/c1-19-12-11-17(18-10-5-13-21-18)20-16-9-4-7-14-6-2-3-8-15(14)16;1-23-13-5-6-19-12(14(13)24-2)8-26(22)16-20-10-4-3-9(25-15(17)18)7-11(10)21-16;1-9(14(15)16)10-3-4-12-8-13(17-2)6-5-11(12)7-10/h2-10,13,17,19H,11-12H2,1H3;3-7,15H,8H2,1-2H3,(H,20,21);3-9H,1-2H3,(H,15,16)/t17-;;9-/m0.0/s1. The van der Waals surface area contributed by atoms with Gasteiger partial charge in [0, 0.05) is 46.2 Å². The van der Waals surface area contributed by atoms with Crippen molar-refractivity contribution < 1.29 is 46.9 Å². The van der Waals surface area contributed by atoms with Crippen molar-refractivity contribution in [2.75, 3.05) is 34.9 Å². The second kappa shape index (κ2) is 22.8. The van der Waals surface area contributed by atoms with Gasteiger partial charge < -0.3 is 38.7 Å². The quantitative estimate of drug-likeness (QED) is 0.0792. The Morgan fingerprint density at radius 1 is 0.844 bits per heavy atom. The first-order chi connectivity index (χ1) is 31.0. The monoisotopic (exact) mass is 910 g/mol. The summed E-state index contributed by atoms with van der Waals surface area (Å²) in [7, 11) is 6.57. The summed E-state index contributed by atoms with van der Waals surface area (Å²) in [4.78, 5) is 23.5. The molecule has 0 aliphatic heterocycles. The molecule has 16 heteroatoms. The number of hydrogen-bond donors (Lipinski definition) is 3. The highest BCUT2D eigenvalue weighted by Crippen LogP contribution is 2.34. The van der Waals surface area contributed by atoms with Gasteiger partial charge >= 0.3 is 17.7 Å². The number of ether oxygens (including phenoxy) is 5. The molecule has 8 aromatic rings. The summed E-state index contributed by atoms with van der Waals surface area (Å²) in [6, 6.07) is 36.2. The van der Waals surface area contributed by atoms with Gasteiger partial charge in [-0.3, -0.25) is 14.8 Å². The molecule has 334 valence electrons. The van der Waals surface area contributed by atoms with Gasteiger partial charge in [0.05, 0.1) is 38.3 Å². The number of aromatic nitrogens is 3. The van der Waals surface area contributed by atoms with E-state index in [2.05, 4.69) is 85.0 Å². The number of carbonyl (C=O) groups is 1. The highest BCUT2D eigenvalue weighted by molar-refractivity contribution is 7.90. The Morgan fingerprint density at radius 3 is 2.33 bits per heavy atom. The highest BCUT2D eigenvalue weighted by Gasteiger charge is 2.23. The molecule has 0 radical (unpaired) electrons. The van der Waals surface area contributed by atoms with Crippen LogP contribution in [-0.2, 0) is 21.7 Å². The number of carboxylic acid groups (broad SMARTS) is 1. The number of alkyl halides is 2. The molecule has 3 atom stereocenters. The van der Waals surface area contributed by atoms with Crippen LogP contribution in [0, 0.1) is 0 Å². The molecule has 0 spiro atoms. The minimum atomic E-state index is -2.92. The van der Waals surface area contributed by atoms with E-state index in [-0.39, 0.29) is 22.8 Å². The minimum absolute atomic E-state index is 0.0209. The molecule has 5 aromatic carbocycles. The third kappa shape index (κ3) is 12.2. The van der Waals surface area contributed by atoms with E-state index >= 15 is 0 Å². The highest BCUT2D eigenvalue weighted by atomic mass is 32.2. The SMILES string of the molecule is CNCC[C@H](Oc1cccc2ccccc12)c1cccs1.COc1ccc2cc([C@H](C)C(=O)O)ccc2c1.COc1ccnc(C[S+]([O-])c2nc3cc(OC(F)F)ccc3[nH]2)c1OC. The topological polar surface area (TPSA) is 160 Å². The lowest BCUT2D eigenvalue weighted by atomic mass is 9.98. The van der Waals surface area contributed by atoms with Gasteiger partial charge in [-0.15, -0.1) is 11.3 Å². The number of thiophene rings is 1. The Morgan fingerprint density at radius 2 is 1.61 bits per heavy atom.